The Bertz CT molecular complexity index is 601. The van der Waals surface area contributed by atoms with Crippen LogP contribution >= 0.6 is 11.6 Å². The fourth-order valence-corrected chi connectivity index (χ4v) is 1.62. The minimum atomic E-state index is -0.474. The fraction of sp³-hybridized carbons (Fsp3) is 0.0769. The molecule has 2 aromatic rings. The van der Waals surface area contributed by atoms with Crippen LogP contribution < -0.4 is 10.6 Å². The second-order valence-corrected chi connectivity index (χ2v) is 4.17. The summed E-state index contributed by atoms with van der Waals surface area (Å²) < 4.78 is 13.1. The maximum atomic E-state index is 13.1. The lowest BCUT2D eigenvalue weighted by Crippen LogP contribution is -2.14. The maximum Gasteiger partial charge on any atom is 0.274 e. The molecule has 0 spiro atoms. The van der Waals surface area contributed by atoms with Crippen LogP contribution in [0, 0.1) is 5.82 Å². The first-order chi connectivity index (χ1) is 9.10. The molecule has 1 heterocycles. The van der Waals surface area contributed by atoms with Crippen LogP contribution in [0.15, 0.2) is 36.5 Å². The fourth-order valence-electron chi connectivity index (χ4n) is 1.46. The third kappa shape index (κ3) is 3.20. The average Bonchev–Trinajstić information content (AvgIpc) is 2.43. The minimum Gasteiger partial charge on any atom is -0.387 e. The molecule has 0 aliphatic rings. The van der Waals surface area contributed by atoms with E-state index < -0.39 is 11.7 Å². The van der Waals surface area contributed by atoms with Crippen LogP contribution in [0.3, 0.4) is 0 Å². The lowest BCUT2D eigenvalue weighted by Gasteiger charge is -2.07. The van der Waals surface area contributed by atoms with Gasteiger partial charge in [0.15, 0.2) is 0 Å². The molecule has 0 unspecified atom stereocenters. The molecule has 2 N–H and O–H groups in total. The lowest BCUT2D eigenvalue weighted by atomic mass is 10.2. The summed E-state index contributed by atoms with van der Waals surface area (Å²) in [6.45, 7) is 0. The molecule has 0 fully saturated rings. The number of carbonyl (C=O) groups is 1. The van der Waals surface area contributed by atoms with Gasteiger partial charge >= 0.3 is 0 Å². The Labute approximate surface area is 114 Å². The Kier molecular flexibility index (Phi) is 3.97. The van der Waals surface area contributed by atoms with Gasteiger partial charge in [-0.1, -0.05) is 11.6 Å². The predicted octanol–water partition coefficient (Wildman–Crippen LogP) is 3.17. The standard InChI is InChI=1S/C13H11ClFN3O/c1-16-9-3-5-11(17-7-9)13(19)18-12-6-8(15)2-4-10(12)14/h2-7,16H,1H3,(H,18,19). The molecule has 2 rings (SSSR count). The molecule has 19 heavy (non-hydrogen) atoms. The molecule has 4 nitrogen and oxygen atoms in total. The molecule has 0 atom stereocenters. The first kappa shape index (κ1) is 13.3. The van der Waals surface area contributed by atoms with Gasteiger partial charge in [-0.25, -0.2) is 9.37 Å². The molecule has 98 valence electrons. The number of rotatable bonds is 3. The van der Waals surface area contributed by atoms with E-state index in [0.29, 0.717) is 0 Å². The highest BCUT2D eigenvalue weighted by Gasteiger charge is 2.10. The van der Waals surface area contributed by atoms with E-state index in [0.717, 1.165) is 11.8 Å². The first-order valence-electron chi connectivity index (χ1n) is 5.50. The van der Waals surface area contributed by atoms with Gasteiger partial charge in [0.2, 0.25) is 0 Å². The van der Waals surface area contributed by atoms with Gasteiger partial charge in [-0.2, -0.15) is 0 Å². The summed E-state index contributed by atoms with van der Waals surface area (Å²) in [5.74, 6) is -0.923. The number of halogens is 2. The molecule has 0 radical (unpaired) electrons. The van der Waals surface area contributed by atoms with E-state index >= 15 is 0 Å². The van der Waals surface area contributed by atoms with Crippen LogP contribution in [-0.2, 0) is 0 Å². The highest BCUT2D eigenvalue weighted by atomic mass is 35.5. The summed E-state index contributed by atoms with van der Waals surface area (Å²) in [6, 6.07) is 7.04. The Morgan fingerprint density at radius 3 is 2.74 bits per heavy atom. The molecule has 0 aliphatic carbocycles. The summed E-state index contributed by atoms with van der Waals surface area (Å²) in [7, 11) is 1.75. The monoisotopic (exact) mass is 279 g/mol. The van der Waals surface area contributed by atoms with E-state index in [-0.39, 0.29) is 16.4 Å². The smallest absolute Gasteiger partial charge is 0.274 e. The molecule has 1 amide bonds. The van der Waals surface area contributed by atoms with Crippen molar-refractivity contribution in [3.63, 3.8) is 0 Å². The molecule has 0 aliphatic heterocycles. The van der Waals surface area contributed by atoms with E-state index in [2.05, 4.69) is 15.6 Å². The maximum absolute atomic E-state index is 13.1. The van der Waals surface area contributed by atoms with Gasteiger partial charge in [-0.05, 0) is 30.3 Å². The second-order valence-electron chi connectivity index (χ2n) is 3.76. The van der Waals surface area contributed by atoms with Crippen molar-refractivity contribution in [1.82, 2.24) is 4.98 Å². The zero-order chi connectivity index (χ0) is 13.8. The second kappa shape index (κ2) is 5.67. The van der Waals surface area contributed by atoms with E-state index in [9.17, 15) is 9.18 Å². The van der Waals surface area contributed by atoms with Crippen molar-refractivity contribution >= 4 is 28.9 Å². The van der Waals surface area contributed by atoms with E-state index in [1.54, 1.807) is 19.2 Å². The van der Waals surface area contributed by atoms with Crippen molar-refractivity contribution in [3.8, 4) is 0 Å². The van der Waals surface area contributed by atoms with Crippen molar-refractivity contribution in [2.24, 2.45) is 0 Å². The summed E-state index contributed by atoms with van der Waals surface area (Å²) in [5.41, 5.74) is 1.23. The Hall–Kier alpha value is -2.14. The van der Waals surface area contributed by atoms with Gasteiger partial charge < -0.3 is 10.6 Å². The molecular formula is C13H11ClFN3O. The quantitative estimate of drug-likeness (QED) is 0.907. The normalized spacial score (nSPS) is 10.1. The van der Waals surface area contributed by atoms with Gasteiger partial charge in [-0.15, -0.1) is 0 Å². The number of nitrogens with one attached hydrogen (secondary N) is 2. The summed E-state index contributed by atoms with van der Waals surface area (Å²) in [4.78, 5) is 15.9. The van der Waals surface area contributed by atoms with Crippen molar-refractivity contribution < 1.29 is 9.18 Å². The van der Waals surface area contributed by atoms with Crippen molar-refractivity contribution in [3.05, 3.63) is 53.1 Å². The number of carbonyl (C=O) groups excluding carboxylic acids is 1. The number of nitrogens with zero attached hydrogens (tertiary/aromatic N) is 1. The van der Waals surface area contributed by atoms with E-state index in [1.165, 1.54) is 18.3 Å². The van der Waals surface area contributed by atoms with Crippen molar-refractivity contribution in [2.75, 3.05) is 17.7 Å². The largest absolute Gasteiger partial charge is 0.387 e. The molecular weight excluding hydrogens is 269 g/mol. The van der Waals surface area contributed by atoms with Crippen LogP contribution in [0.2, 0.25) is 5.02 Å². The third-order valence-electron chi connectivity index (χ3n) is 2.46. The highest BCUT2D eigenvalue weighted by Crippen LogP contribution is 2.22. The zero-order valence-corrected chi connectivity index (χ0v) is 10.8. The summed E-state index contributed by atoms with van der Waals surface area (Å²) in [5, 5.41) is 5.67. The number of hydrogen-bond acceptors (Lipinski definition) is 3. The summed E-state index contributed by atoms with van der Waals surface area (Å²) in [6.07, 6.45) is 1.53. The van der Waals surface area contributed by atoms with Gasteiger partial charge in [-0.3, -0.25) is 4.79 Å². The van der Waals surface area contributed by atoms with Gasteiger partial charge in [0.25, 0.3) is 5.91 Å². The number of hydrogen-bond donors (Lipinski definition) is 2. The van der Waals surface area contributed by atoms with Crippen molar-refractivity contribution in [1.29, 1.82) is 0 Å². The van der Waals surface area contributed by atoms with Gasteiger partial charge in [0.05, 0.1) is 22.6 Å². The molecule has 6 heteroatoms. The van der Waals surface area contributed by atoms with E-state index in [1.807, 2.05) is 0 Å². The van der Waals surface area contributed by atoms with E-state index in [4.69, 9.17) is 11.6 Å². The Morgan fingerprint density at radius 2 is 2.11 bits per heavy atom. The average molecular weight is 280 g/mol. The number of amides is 1. The summed E-state index contributed by atoms with van der Waals surface area (Å²) >= 11 is 5.86. The Balaban J connectivity index is 2.18. The molecule has 1 aromatic carbocycles. The van der Waals surface area contributed by atoms with Crippen LogP contribution in [-0.4, -0.2) is 17.9 Å². The number of benzene rings is 1. The first-order valence-corrected chi connectivity index (χ1v) is 5.88. The topological polar surface area (TPSA) is 54.0 Å². The molecule has 0 bridgehead atoms. The third-order valence-corrected chi connectivity index (χ3v) is 2.79. The van der Waals surface area contributed by atoms with Gasteiger partial charge in [0, 0.05) is 7.05 Å². The highest BCUT2D eigenvalue weighted by molar-refractivity contribution is 6.33. The van der Waals surface area contributed by atoms with Crippen LogP contribution in [0.1, 0.15) is 10.5 Å². The SMILES string of the molecule is CNc1ccc(C(=O)Nc2cc(F)ccc2Cl)nc1. The zero-order valence-electron chi connectivity index (χ0n) is 10.1. The number of aromatic nitrogens is 1. The predicted molar refractivity (Wildman–Crippen MR) is 73.1 cm³/mol. The lowest BCUT2D eigenvalue weighted by molar-refractivity contribution is 0.102. The van der Waals surface area contributed by atoms with Gasteiger partial charge in [0.1, 0.15) is 11.5 Å². The number of anilines is 2. The molecule has 1 aromatic heterocycles. The Morgan fingerprint density at radius 1 is 1.32 bits per heavy atom. The molecule has 0 saturated heterocycles. The van der Waals surface area contributed by atoms with Crippen LogP contribution in [0.25, 0.3) is 0 Å². The molecule has 0 saturated carbocycles. The van der Waals surface area contributed by atoms with Crippen LogP contribution in [0.5, 0.6) is 0 Å². The van der Waals surface area contributed by atoms with Crippen LogP contribution in [0.4, 0.5) is 15.8 Å². The number of pyridine rings is 1. The minimum absolute atomic E-state index is 0.214. The van der Waals surface area contributed by atoms with Crippen molar-refractivity contribution in [2.45, 2.75) is 0 Å².